The number of nitrogens with zero attached hydrogens (tertiary/aromatic N) is 1. The van der Waals surface area contributed by atoms with E-state index < -0.39 is 6.04 Å². The number of rotatable bonds is 6. The van der Waals surface area contributed by atoms with Crippen LogP contribution in [0.3, 0.4) is 0 Å². The summed E-state index contributed by atoms with van der Waals surface area (Å²) in [5, 5.41) is 12.2. The Bertz CT molecular complexity index is 660. The number of ether oxygens (including phenoxy) is 1. The lowest BCUT2D eigenvalue weighted by atomic mass is 10.0. The van der Waals surface area contributed by atoms with Crippen LogP contribution < -0.4 is 5.32 Å². The molecule has 0 radical (unpaired) electrons. The SMILES string of the molecule is C[C@@H](CCO)N1C(=O)c2c(Br)cccc2C1C(=O)NCC1CCOC1. The van der Waals surface area contributed by atoms with E-state index in [1.807, 2.05) is 25.1 Å². The zero-order valence-electron chi connectivity index (χ0n) is 14.2. The molecule has 1 aromatic carbocycles. The third-order valence-corrected chi connectivity index (χ3v) is 5.59. The fourth-order valence-corrected chi connectivity index (χ4v) is 4.08. The molecule has 2 heterocycles. The standard InChI is InChI=1S/C18H23BrN2O4/c1-11(5-7-22)21-16(17(23)20-9-12-6-8-25-10-12)13-3-2-4-14(19)15(13)18(21)24/h2-4,11-12,16,22H,5-10H2,1H3,(H,20,23)/t11-,12?,16?/m0/s1. The van der Waals surface area contributed by atoms with Gasteiger partial charge in [0.1, 0.15) is 6.04 Å². The van der Waals surface area contributed by atoms with E-state index in [1.54, 1.807) is 4.90 Å². The molecule has 2 unspecified atom stereocenters. The van der Waals surface area contributed by atoms with Crippen LogP contribution in [0.5, 0.6) is 0 Å². The average molecular weight is 411 g/mol. The molecule has 1 fully saturated rings. The molecule has 0 bridgehead atoms. The zero-order valence-corrected chi connectivity index (χ0v) is 15.8. The van der Waals surface area contributed by atoms with Crippen molar-refractivity contribution < 1.29 is 19.4 Å². The van der Waals surface area contributed by atoms with Crippen LogP contribution in [-0.4, -0.2) is 54.2 Å². The average Bonchev–Trinajstić information content (AvgIpc) is 3.19. The monoisotopic (exact) mass is 410 g/mol. The first-order chi connectivity index (χ1) is 12.0. The number of benzene rings is 1. The summed E-state index contributed by atoms with van der Waals surface area (Å²) < 4.78 is 6.04. The molecule has 2 aliphatic rings. The molecule has 0 spiro atoms. The van der Waals surface area contributed by atoms with Crippen LogP contribution in [0.1, 0.15) is 41.7 Å². The van der Waals surface area contributed by atoms with Gasteiger partial charge in [0.25, 0.3) is 5.91 Å². The minimum atomic E-state index is -0.663. The number of fused-ring (bicyclic) bond motifs is 1. The van der Waals surface area contributed by atoms with E-state index in [9.17, 15) is 14.7 Å². The predicted octanol–water partition coefficient (Wildman–Crippen LogP) is 1.87. The van der Waals surface area contributed by atoms with Crippen LogP contribution in [0.15, 0.2) is 22.7 Å². The molecule has 0 saturated carbocycles. The third kappa shape index (κ3) is 3.59. The fourth-order valence-electron chi connectivity index (χ4n) is 3.52. The number of amides is 2. The second-order valence-corrected chi connectivity index (χ2v) is 7.51. The molecule has 2 amide bonds. The topological polar surface area (TPSA) is 78.9 Å². The van der Waals surface area contributed by atoms with E-state index >= 15 is 0 Å². The van der Waals surface area contributed by atoms with Crippen LogP contribution in [0.4, 0.5) is 0 Å². The van der Waals surface area contributed by atoms with Gasteiger partial charge in [-0.25, -0.2) is 0 Å². The molecule has 2 aliphatic heterocycles. The van der Waals surface area contributed by atoms with E-state index in [-0.39, 0.29) is 24.5 Å². The molecule has 25 heavy (non-hydrogen) atoms. The highest BCUT2D eigenvalue weighted by Gasteiger charge is 2.44. The summed E-state index contributed by atoms with van der Waals surface area (Å²) in [6.07, 6.45) is 1.37. The Morgan fingerprint density at radius 3 is 3.00 bits per heavy atom. The lowest BCUT2D eigenvalue weighted by Crippen LogP contribution is -2.44. The maximum absolute atomic E-state index is 12.9. The van der Waals surface area contributed by atoms with Crippen molar-refractivity contribution in [3.63, 3.8) is 0 Å². The Morgan fingerprint density at radius 1 is 1.52 bits per heavy atom. The molecule has 2 N–H and O–H groups in total. The van der Waals surface area contributed by atoms with Crippen molar-refractivity contribution in [2.45, 2.75) is 31.8 Å². The van der Waals surface area contributed by atoms with Gasteiger partial charge < -0.3 is 20.1 Å². The summed E-state index contributed by atoms with van der Waals surface area (Å²) >= 11 is 3.43. The number of halogens is 1. The summed E-state index contributed by atoms with van der Waals surface area (Å²) in [5.41, 5.74) is 1.25. The van der Waals surface area contributed by atoms with Crippen LogP contribution in [0, 0.1) is 5.92 Å². The molecule has 1 aromatic rings. The van der Waals surface area contributed by atoms with E-state index in [0.29, 0.717) is 41.1 Å². The normalized spacial score (nSPS) is 23.6. The summed E-state index contributed by atoms with van der Waals surface area (Å²) in [6, 6.07) is 4.57. The zero-order chi connectivity index (χ0) is 18.0. The Morgan fingerprint density at radius 2 is 2.32 bits per heavy atom. The molecule has 136 valence electrons. The van der Waals surface area contributed by atoms with Crippen molar-refractivity contribution in [1.82, 2.24) is 10.2 Å². The predicted molar refractivity (Wildman–Crippen MR) is 96.2 cm³/mol. The quantitative estimate of drug-likeness (QED) is 0.749. The van der Waals surface area contributed by atoms with Crippen LogP contribution in [0.2, 0.25) is 0 Å². The minimum Gasteiger partial charge on any atom is -0.396 e. The fraction of sp³-hybridized carbons (Fsp3) is 0.556. The number of hydrogen-bond acceptors (Lipinski definition) is 4. The van der Waals surface area contributed by atoms with Crippen LogP contribution >= 0.6 is 15.9 Å². The smallest absolute Gasteiger partial charge is 0.256 e. The second-order valence-electron chi connectivity index (χ2n) is 6.66. The maximum Gasteiger partial charge on any atom is 0.256 e. The molecule has 3 rings (SSSR count). The minimum absolute atomic E-state index is 0.0315. The third-order valence-electron chi connectivity index (χ3n) is 4.93. The van der Waals surface area contributed by atoms with Crippen molar-refractivity contribution in [3.05, 3.63) is 33.8 Å². The van der Waals surface area contributed by atoms with Gasteiger partial charge in [-0.2, -0.15) is 0 Å². The number of carbonyl (C=O) groups excluding carboxylic acids is 2. The lowest BCUT2D eigenvalue weighted by Gasteiger charge is -2.30. The van der Waals surface area contributed by atoms with Gasteiger partial charge in [0, 0.05) is 36.2 Å². The number of hydrogen-bond donors (Lipinski definition) is 2. The van der Waals surface area contributed by atoms with E-state index in [2.05, 4.69) is 21.2 Å². The first-order valence-electron chi connectivity index (χ1n) is 8.62. The van der Waals surface area contributed by atoms with Gasteiger partial charge in [-0.05, 0) is 47.3 Å². The van der Waals surface area contributed by atoms with E-state index in [0.717, 1.165) is 13.0 Å². The number of aliphatic hydroxyl groups is 1. The summed E-state index contributed by atoms with van der Waals surface area (Å²) in [5.74, 6) is -0.0268. The van der Waals surface area contributed by atoms with Gasteiger partial charge in [0.2, 0.25) is 5.91 Å². The number of carbonyl (C=O) groups is 2. The summed E-state index contributed by atoms with van der Waals surface area (Å²) in [6.45, 7) is 3.78. The summed E-state index contributed by atoms with van der Waals surface area (Å²) in [7, 11) is 0. The van der Waals surface area contributed by atoms with Crippen molar-refractivity contribution in [2.75, 3.05) is 26.4 Å². The van der Waals surface area contributed by atoms with Gasteiger partial charge in [0.15, 0.2) is 0 Å². The molecule has 7 heteroatoms. The molecule has 6 nitrogen and oxygen atoms in total. The van der Waals surface area contributed by atoms with Gasteiger partial charge in [-0.15, -0.1) is 0 Å². The van der Waals surface area contributed by atoms with Crippen molar-refractivity contribution in [3.8, 4) is 0 Å². The van der Waals surface area contributed by atoms with Gasteiger partial charge in [0.05, 0.1) is 12.2 Å². The number of nitrogens with one attached hydrogen (secondary N) is 1. The van der Waals surface area contributed by atoms with Crippen molar-refractivity contribution in [1.29, 1.82) is 0 Å². The van der Waals surface area contributed by atoms with Crippen LogP contribution in [-0.2, 0) is 9.53 Å². The Kier molecular flexibility index (Phi) is 5.76. The molecule has 0 aliphatic carbocycles. The Labute approximate surface area is 155 Å². The van der Waals surface area contributed by atoms with Gasteiger partial charge in [-0.3, -0.25) is 9.59 Å². The van der Waals surface area contributed by atoms with Crippen molar-refractivity contribution in [2.24, 2.45) is 5.92 Å². The number of aliphatic hydroxyl groups excluding tert-OH is 1. The molecule has 3 atom stereocenters. The Balaban J connectivity index is 1.85. The highest BCUT2D eigenvalue weighted by atomic mass is 79.9. The Hall–Kier alpha value is -1.44. The summed E-state index contributed by atoms with van der Waals surface area (Å²) in [4.78, 5) is 27.4. The molecule has 0 aromatic heterocycles. The van der Waals surface area contributed by atoms with E-state index in [1.165, 1.54) is 0 Å². The lowest BCUT2D eigenvalue weighted by molar-refractivity contribution is -0.126. The highest BCUT2D eigenvalue weighted by Crippen LogP contribution is 2.39. The van der Waals surface area contributed by atoms with Gasteiger partial charge >= 0.3 is 0 Å². The molecule has 1 saturated heterocycles. The molecular formula is C18H23BrN2O4. The largest absolute Gasteiger partial charge is 0.396 e. The first kappa shape index (κ1) is 18.4. The van der Waals surface area contributed by atoms with Gasteiger partial charge in [-0.1, -0.05) is 12.1 Å². The van der Waals surface area contributed by atoms with Crippen LogP contribution in [0.25, 0.3) is 0 Å². The maximum atomic E-state index is 12.9. The second kappa shape index (κ2) is 7.85. The first-order valence-corrected chi connectivity index (χ1v) is 9.41. The highest BCUT2D eigenvalue weighted by molar-refractivity contribution is 9.10. The molecular weight excluding hydrogens is 388 g/mol. The van der Waals surface area contributed by atoms with E-state index in [4.69, 9.17) is 4.74 Å². The van der Waals surface area contributed by atoms with Crippen molar-refractivity contribution >= 4 is 27.7 Å².